The Labute approximate surface area is 199 Å². The van der Waals surface area contributed by atoms with Crippen LogP contribution in [0.2, 0.25) is 5.02 Å². The molecule has 0 saturated carbocycles. The lowest BCUT2D eigenvalue weighted by Gasteiger charge is -2.32. The van der Waals surface area contributed by atoms with Gasteiger partial charge in [0.2, 0.25) is 0 Å². The molecule has 10 heteroatoms. The van der Waals surface area contributed by atoms with Gasteiger partial charge < -0.3 is 19.8 Å². The molecule has 0 unspecified atom stereocenters. The van der Waals surface area contributed by atoms with E-state index in [9.17, 15) is 0 Å². The fourth-order valence-corrected chi connectivity index (χ4v) is 4.37. The summed E-state index contributed by atoms with van der Waals surface area (Å²) in [4.78, 5) is 8.48. The Kier molecular flexibility index (Phi) is 6.09. The van der Waals surface area contributed by atoms with Gasteiger partial charge in [0, 0.05) is 17.0 Å². The van der Waals surface area contributed by atoms with Crippen molar-refractivity contribution < 1.29 is 14.0 Å². The fraction of sp³-hybridized carbons (Fsp3) is 0.522. The molecule has 1 saturated heterocycles. The second-order valence-corrected chi connectivity index (χ2v) is 9.83. The van der Waals surface area contributed by atoms with Crippen molar-refractivity contribution in [2.24, 2.45) is 0 Å². The Morgan fingerprint density at radius 2 is 1.82 bits per heavy atom. The highest BCUT2D eigenvalue weighted by Crippen LogP contribution is 2.39. The molecule has 2 N–H and O–H groups in total. The number of fused-ring (bicyclic) bond motifs is 1. The number of aromatic nitrogens is 4. The number of rotatable bonds is 6. The number of benzene rings is 1. The van der Waals surface area contributed by atoms with Crippen LogP contribution in [0.3, 0.4) is 0 Å². The maximum Gasteiger partial charge on any atom is 0.499 e. The zero-order chi connectivity index (χ0) is 24.1. The molecular formula is C23H31BClN5O3. The number of aryl methyl sites for hydroxylation is 3. The van der Waals surface area contributed by atoms with E-state index in [4.69, 9.17) is 31.4 Å². The van der Waals surface area contributed by atoms with Gasteiger partial charge in [-0.3, -0.25) is 0 Å². The minimum absolute atomic E-state index is 0.431. The van der Waals surface area contributed by atoms with E-state index in [0.29, 0.717) is 36.1 Å². The van der Waals surface area contributed by atoms with Crippen molar-refractivity contribution in [2.75, 3.05) is 12.3 Å². The third-order valence-electron chi connectivity index (χ3n) is 6.70. The highest BCUT2D eigenvalue weighted by atomic mass is 35.5. The topological polar surface area (TPSA) is 97.3 Å². The Balaban J connectivity index is 1.73. The maximum absolute atomic E-state index is 6.69. The van der Waals surface area contributed by atoms with Crippen molar-refractivity contribution in [2.45, 2.75) is 72.6 Å². The third kappa shape index (κ3) is 4.07. The predicted octanol–water partition coefficient (Wildman–Crippen LogP) is 3.62. The van der Waals surface area contributed by atoms with Crippen LogP contribution in [0.4, 0.5) is 5.82 Å². The van der Waals surface area contributed by atoms with Gasteiger partial charge in [0.15, 0.2) is 5.65 Å². The number of ether oxygens (including phenoxy) is 1. The van der Waals surface area contributed by atoms with E-state index in [1.165, 1.54) is 6.33 Å². The second kappa shape index (κ2) is 8.45. The van der Waals surface area contributed by atoms with Crippen molar-refractivity contribution in [3.8, 4) is 5.75 Å². The number of hydrogen-bond acceptors (Lipinski definition) is 7. The highest BCUT2D eigenvalue weighted by Gasteiger charge is 2.53. The fourth-order valence-electron chi connectivity index (χ4n) is 4.14. The van der Waals surface area contributed by atoms with Crippen LogP contribution in [0.25, 0.3) is 11.0 Å². The van der Waals surface area contributed by atoms with Crippen molar-refractivity contribution >= 4 is 41.0 Å². The zero-order valence-electron chi connectivity index (χ0n) is 20.3. The smallest absolute Gasteiger partial charge is 0.494 e. The van der Waals surface area contributed by atoms with Gasteiger partial charge in [0.1, 0.15) is 17.9 Å². The first kappa shape index (κ1) is 23.8. The molecule has 0 bridgehead atoms. The molecule has 3 aromatic rings. The van der Waals surface area contributed by atoms with Crippen molar-refractivity contribution in [3.05, 3.63) is 34.2 Å². The van der Waals surface area contributed by atoms with Gasteiger partial charge in [-0.05, 0) is 72.1 Å². The van der Waals surface area contributed by atoms with Crippen LogP contribution < -0.4 is 15.9 Å². The molecule has 33 heavy (non-hydrogen) atoms. The summed E-state index contributed by atoms with van der Waals surface area (Å²) in [5.41, 5.74) is 9.30. The summed E-state index contributed by atoms with van der Waals surface area (Å²) in [7, 11) is -0.575. The molecule has 1 aliphatic rings. The molecular weight excluding hydrogens is 441 g/mol. The number of nitrogen functional groups attached to an aromatic ring is 1. The minimum Gasteiger partial charge on any atom is -0.494 e. The summed E-state index contributed by atoms with van der Waals surface area (Å²) >= 11 is 6.69. The normalized spacial score (nSPS) is 17.2. The Morgan fingerprint density at radius 1 is 1.15 bits per heavy atom. The SMILES string of the molecule is CCOc1c(CCn2nc(C)c3c(N)ncnc32)cc(Cl)c(C)c1B1OC(C)(C)C(C)(C)O1. The van der Waals surface area contributed by atoms with Gasteiger partial charge in [0.05, 0.1) is 28.9 Å². The minimum atomic E-state index is -0.575. The van der Waals surface area contributed by atoms with Crippen LogP contribution in [0, 0.1) is 13.8 Å². The summed E-state index contributed by atoms with van der Waals surface area (Å²) in [6.07, 6.45) is 2.09. The van der Waals surface area contributed by atoms with Crippen LogP contribution in [0.15, 0.2) is 12.4 Å². The standard InChI is InChI=1S/C23H31BClN5O3/c1-8-31-19-15(9-10-30-21-17(14(3)29-30)20(26)27-12-28-21)11-16(25)13(2)18(19)24-32-22(4,5)23(6,7)33-24/h11-12H,8-10H2,1-7H3,(H2,26,27,28). The Morgan fingerprint density at radius 3 is 2.45 bits per heavy atom. The Bertz CT molecular complexity index is 1190. The van der Waals surface area contributed by atoms with Gasteiger partial charge in [-0.25, -0.2) is 14.6 Å². The zero-order valence-corrected chi connectivity index (χ0v) is 21.1. The molecule has 176 valence electrons. The summed E-state index contributed by atoms with van der Waals surface area (Å²) < 4.78 is 20.7. The third-order valence-corrected chi connectivity index (χ3v) is 7.10. The van der Waals surface area contributed by atoms with Crippen LogP contribution in [-0.4, -0.2) is 44.7 Å². The maximum atomic E-state index is 6.69. The lowest BCUT2D eigenvalue weighted by Crippen LogP contribution is -2.41. The molecule has 4 rings (SSSR count). The number of nitrogens with two attached hydrogens (primary N) is 1. The summed E-state index contributed by atoms with van der Waals surface area (Å²) in [6.45, 7) is 15.1. The van der Waals surface area contributed by atoms with Gasteiger partial charge in [-0.1, -0.05) is 11.6 Å². The monoisotopic (exact) mass is 471 g/mol. The number of nitrogens with zero attached hydrogens (tertiary/aromatic N) is 4. The number of anilines is 1. The van der Waals surface area contributed by atoms with E-state index in [2.05, 4.69) is 15.1 Å². The molecule has 0 amide bonds. The van der Waals surface area contributed by atoms with Gasteiger partial charge in [0.25, 0.3) is 0 Å². The van der Waals surface area contributed by atoms with E-state index in [1.54, 1.807) is 0 Å². The van der Waals surface area contributed by atoms with Crippen LogP contribution in [0.1, 0.15) is 51.4 Å². The predicted molar refractivity (Wildman–Crippen MR) is 131 cm³/mol. The van der Waals surface area contributed by atoms with Crippen molar-refractivity contribution in [1.29, 1.82) is 0 Å². The lowest BCUT2D eigenvalue weighted by atomic mass is 9.74. The molecule has 0 spiro atoms. The average Bonchev–Trinajstić information content (AvgIpc) is 3.16. The van der Waals surface area contributed by atoms with E-state index >= 15 is 0 Å². The summed E-state index contributed by atoms with van der Waals surface area (Å²) in [5.74, 6) is 1.18. The van der Waals surface area contributed by atoms with E-state index < -0.39 is 18.3 Å². The second-order valence-electron chi connectivity index (χ2n) is 9.42. The van der Waals surface area contributed by atoms with E-state index in [1.807, 2.05) is 59.2 Å². The molecule has 2 aromatic heterocycles. The lowest BCUT2D eigenvalue weighted by molar-refractivity contribution is 0.00578. The first-order valence-corrected chi connectivity index (χ1v) is 11.6. The number of hydrogen-bond donors (Lipinski definition) is 1. The molecule has 1 fully saturated rings. The van der Waals surface area contributed by atoms with Crippen molar-refractivity contribution in [3.63, 3.8) is 0 Å². The first-order valence-electron chi connectivity index (χ1n) is 11.2. The highest BCUT2D eigenvalue weighted by molar-refractivity contribution is 6.64. The first-order chi connectivity index (χ1) is 15.5. The molecule has 0 radical (unpaired) electrons. The number of halogens is 1. The molecule has 3 heterocycles. The molecule has 1 aliphatic heterocycles. The summed E-state index contributed by atoms with van der Waals surface area (Å²) in [5, 5.41) is 6.05. The van der Waals surface area contributed by atoms with Gasteiger partial charge >= 0.3 is 7.12 Å². The van der Waals surface area contributed by atoms with E-state index in [-0.39, 0.29) is 0 Å². The largest absolute Gasteiger partial charge is 0.499 e. The molecule has 8 nitrogen and oxygen atoms in total. The van der Waals surface area contributed by atoms with Gasteiger partial charge in [-0.2, -0.15) is 5.10 Å². The molecule has 0 atom stereocenters. The van der Waals surface area contributed by atoms with Crippen molar-refractivity contribution in [1.82, 2.24) is 19.7 Å². The molecule has 1 aromatic carbocycles. The van der Waals surface area contributed by atoms with Crippen LogP contribution in [0.5, 0.6) is 5.75 Å². The summed E-state index contributed by atoms with van der Waals surface area (Å²) in [6, 6.07) is 1.96. The van der Waals surface area contributed by atoms with Crippen LogP contribution in [-0.2, 0) is 22.3 Å². The molecule has 0 aliphatic carbocycles. The quantitative estimate of drug-likeness (QED) is 0.548. The van der Waals surface area contributed by atoms with Crippen LogP contribution >= 0.6 is 11.6 Å². The van der Waals surface area contributed by atoms with E-state index in [0.717, 1.165) is 33.4 Å². The van der Waals surface area contributed by atoms with Gasteiger partial charge in [-0.15, -0.1) is 0 Å². The Hall–Kier alpha value is -2.36. The average molecular weight is 472 g/mol.